The first-order chi connectivity index (χ1) is 23.3. The van der Waals surface area contributed by atoms with Gasteiger partial charge in [0.15, 0.2) is 0 Å². The first kappa shape index (κ1) is 34.2. The lowest BCUT2D eigenvalue weighted by atomic mass is 9.85. The monoisotopic (exact) mass is 678 g/mol. The molecule has 0 radical (unpaired) electrons. The molecule has 1 spiro atoms. The molecular formula is C36H47ClN6O5. The number of ether oxygens (including phenoxy) is 1. The zero-order valence-corrected chi connectivity index (χ0v) is 28.3. The highest BCUT2D eigenvalue weighted by molar-refractivity contribution is 6.30. The highest BCUT2D eigenvalue weighted by atomic mass is 35.5. The number of anilines is 1. The summed E-state index contributed by atoms with van der Waals surface area (Å²) in [5.41, 5.74) is 0.937. The van der Waals surface area contributed by atoms with Crippen LogP contribution in [-0.2, 0) is 30.3 Å². The van der Waals surface area contributed by atoms with Crippen LogP contribution >= 0.6 is 11.6 Å². The van der Waals surface area contributed by atoms with Crippen molar-refractivity contribution in [2.45, 2.75) is 69.0 Å². The van der Waals surface area contributed by atoms with Crippen LogP contribution < -0.4 is 15.5 Å². The minimum atomic E-state index is -0.867. The van der Waals surface area contributed by atoms with Gasteiger partial charge in [0.2, 0.25) is 17.7 Å². The van der Waals surface area contributed by atoms with Crippen LogP contribution in [0.2, 0.25) is 5.02 Å². The third kappa shape index (κ3) is 8.13. The summed E-state index contributed by atoms with van der Waals surface area (Å²) in [6.07, 6.45) is 6.56. The number of rotatable bonds is 10. The van der Waals surface area contributed by atoms with E-state index in [9.17, 15) is 19.2 Å². The van der Waals surface area contributed by atoms with Gasteiger partial charge in [-0.25, -0.2) is 0 Å². The maximum atomic E-state index is 14.2. The van der Waals surface area contributed by atoms with Crippen LogP contribution in [-0.4, -0.2) is 115 Å². The molecule has 2 aromatic rings. The number of amides is 4. The average Bonchev–Trinajstić information content (AvgIpc) is 3.36. The molecule has 2 N–H and O–H groups in total. The van der Waals surface area contributed by atoms with Crippen molar-refractivity contribution in [3.05, 3.63) is 65.2 Å². The molecule has 1 aliphatic carbocycles. The van der Waals surface area contributed by atoms with E-state index in [0.717, 1.165) is 36.9 Å². The summed E-state index contributed by atoms with van der Waals surface area (Å²) in [4.78, 5) is 62.2. The normalized spacial score (nSPS) is 20.9. The minimum Gasteiger partial charge on any atom is -0.379 e. The van der Waals surface area contributed by atoms with Crippen LogP contribution in [0, 0.1) is 0 Å². The van der Waals surface area contributed by atoms with E-state index >= 15 is 0 Å². The van der Waals surface area contributed by atoms with Crippen molar-refractivity contribution >= 4 is 40.9 Å². The molecule has 4 amide bonds. The molecule has 12 heteroatoms. The number of para-hydroxylation sites is 1. The zero-order chi connectivity index (χ0) is 33.5. The molecule has 3 saturated heterocycles. The molecule has 3 heterocycles. The molecule has 0 unspecified atom stereocenters. The van der Waals surface area contributed by atoms with Gasteiger partial charge >= 0.3 is 0 Å². The first-order valence-corrected chi connectivity index (χ1v) is 17.7. The molecule has 1 saturated carbocycles. The quantitative estimate of drug-likeness (QED) is 0.397. The van der Waals surface area contributed by atoms with Gasteiger partial charge in [-0.15, -0.1) is 0 Å². The van der Waals surface area contributed by atoms with E-state index in [1.807, 2.05) is 47.4 Å². The number of halogens is 1. The summed E-state index contributed by atoms with van der Waals surface area (Å²) in [6, 6.07) is 16.5. The number of piperidine rings is 1. The minimum absolute atomic E-state index is 0.0153. The Morgan fingerprint density at radius 2 is 1.56 bits per heavy atom. The van der Waals surface area contributed by atoms with Crippen LogP contribution in [0.3, 0.4) is 0 Å². The molecule has 2 aromatic carbocycles. The van der Waals surface area contributed by atoms with Crippen molar-refractivity contribution in [1.82, 2.24) is 25.3 Å². The smallest absolute Gasteiger partial charge is 0.250 e. The predicted octanol–water partition coefficient (Wildman–Crippen LogP) is 2.82. The summed E-state index contributed by atoms with van der Waals surface area (Å²) in [6.45, 7) is 3.73. The van der Waals surface area contributed by atoms with E-state index in [4.69, 9.17) is 16.3 Å². The molecular weight excluding hydrogens is 632 g/mol. The van der Waals surface area contributed by atoms with Gasteiger partial charge in [0, 0.05) is 49.4 Å². The Kier molecular flexibility index (Phi) is 11.2. The summed E-state index contributed by atoms with van der Waals surface area (Å²) < 4.78 is 5.41. The summed E-state index contributed by atoms with van der Waals surface area (Å²) in [5, 5.41) is 6.77. The van der Waals surface area contributed by atoms with E-state index in [2.05, 4.69) is 15.5 Å². The van der Waals surface area contributed by atoms with Crippen molar-refractivity contribution < 1.29 is 23.9 Å². The number of hydrogen-bond acceptors (Lipinski definition) is 7. The lowest BCUT2D eigenvalue weighted by Gasteiger charge is -2.44. The van der Waals surface area contributed by atoms with Gasteiger partial charge in [0.1, 0.15) is 18.1 Å². The Morgan fingerprint density at radius 1 is 0.875 bits per heavy atom. The number of nitrogens with zero attached hydrogens (tertiary/aromatic N) is 4. The van der Waals surface area contributed by atoms with Gasteiger partial charge in [0.25, 0.3) is 5.91 Å². The van der Waals surface area contributed by atoms with Crippen LogP contribution in [0.15, 0.2) is 54.6 Å². The topological polar surface area (TPSA) is 115 Å². The number of nitrogens with one attached hydrogen (secondary N) is 2. The lowest BCUT2D eigenvalue weighted by Crippen LogP contribution is -2.60. The molecule has 6 rings (SSSR count). The van der Waals surface area contributed by atoms with E-state index in [0.29, 0.717) is 70.3 Å². The predicted molar refractivity (Wildman–Crippen MR) is 183 cm³/mol. The Morgan fingerprint density at radius 3 is 2.25 bits per heavy atom. The van der Waals surface area contributed by atoms with Gasteiger partial charge in [-0.2, -0.15) is 0 Å². The average molecular weight is 679 g/mol. The summed E-state index contributed by atoms with van der Waals surface area (Å²) in [7, 11) is 0. The van der Waals surface area contributed by atoms with Crippen molar-refractivity contribution in [2.24, 2.45) is 0 Å². The molecule has 0 bridgehead atoms. The maximum Gasteiger partial charge on any atom is 0.250 e. The molecule has 4 fully saturated rings. The largest absolute Gasteiger partial charge is 0.379 e. The van der Waals surface area contributed by atoms with Gasteiger partial charge in [-0.1, -0.05) is 61.2 Å². The Bertz CT molecular complexity index is 1420. The third-order valence-corrected chi connectivity index (χ3v) is 10.5. The van der Waals surface area contributed by atoms with Crippen molar-refractivity contribution in [3.63, 3.8) is 0 Å². The second-order valence-corrected chi connectivity index (χ2v) is 13.9. The Hall–Kier alpha value is -3.67. The molecule has 4 aliphatic rings. The number of morpholine rings is 1. The fourth-order valence-electron chi connectivity index (χ4n) is 7.59. The van der Waals surface area contributed by atoms with Crippen molar-refractivity contribution in [1.29, 1.82) is 0 Å². The molecule has 3 aliphatic heterocycles. The first-order valence-electron chi connectivity index (χ1n) is 17.3. The van der Waals surface area contributed by atoms with Crippen LogP contribution in [0.4, 0.5) is 5.69 Å². The van der Waals surface area contributed by atoms with E-state index < -0.39 is 11.6 Å². The van der Waals surface area contributed by atoms with Gasteiger partial charge < -0.3 is 30.1 Å². The van der Waals surface area contributed by atoms with Crippen molar-refractivity contribution in [2.75, 3.05) is 64.1 Å². The number of hydrogen-bond donors (Lipinski definition) is 2. The maximum absolute atomic E-state index is 14.2. The van der Waals surface area contributed by atoms with Crippen molar-refractivity contribution in [3.8, 4) is 0 Å². The standard InChI is InChI=1S/C36H47ClN6O5/c37-28-13-11-27(12-14-28)23-31(39-32(44)24-40-19-21-48-22-20-40)34(46)41-17-15-36(16-18-41)35(47)42(26-43(36)30-9-5-2-6-10-30)25-33(45)38-29-7-3-1-4-8-29/h2,5-6,9-14,29,31H,1,3-4,7-8,15-26H2,(H,38,45)(H,39,44)/t31-/m1/s1. The molecule has 48 heavy (non-hydrogen) atoms. The van der Waals surface area contributed by atoms with Gasteiger partial charge in [0.05, 0.1) is 26.4 Å². The van der Waals surface area contributed by atoms with Gasteiger partial charge in [-0.05, 0) is 55.5 Å². The Balaban J connectivity index is 1.15. The second kappa shape index (κ2) is 15.7. The molecule has 11 nitrogen and oxygen atoms in total. The summed E-state index contributed by atoms with van der Waals surface area (Å²) in [5.74, 6) is -0.573. The van der Waals surface area contributed by atoms with Crippen LogP contribution in [0.1, 0.15) is 50.5 Å². The lowest BCUT2D eigenvalue weighted by molar-refractivity contribution is -0.141. The number of carbonyl (C=O) groups excluding carboxylic acids is 4. The number of carbonyl (C=O) groups is 4. The fourth-order valence-corrected chi connectivity index (χ4v) is 7.72. The highest BCUT2D eigenvalue weighted by Gasteiger charge is 2.54. The molecule has 0 aromatic heterocycles. The van der Waals surface area contributed by atoms with Gasteiger partial charge in [-0.3, -0.25) is 24.1 Å². The molecule has 258 valence electrons. The Labute approximate surface area is 287 Å². The van der Waals surface area contributed by atoms with Crippen LogP contribution in [0.25, 0.3) is 0 Å². The zero-order valence-electron chi connectivity index (χ0n) is 27.6. The fraction of sp³-hybridized carbons (Fsp3) is 0.556. The molecule has 1 atom stereocenters. The van der Waals surface area contributed by atoms with E-state index in [1.54, 1.807) is 21.9 Å². The van der Waals surface area contributed by atoms with E-state index in [1.165, 1.54) is 6.42 Å². The number of benzene rings is 2. The van der Waals surface area contributed by atoms with E-state index in [-0.39, 0.29) is 42.8 Å². The second-order valence-electron chi connectivity index (χ2n) is 13.5. The summed E-state index contributed by atoms with van der Waals surface area (Å²) >= 11 is 6.12. The SMILES string of the molecule is O=C(CN1CN(c2ccccc2)C2(CCN(C(=O)[C@@H](Cc3ccc(Cl)cc3)NC(=O)CN3CCOCC3)CC2)C1=O)NC1CCCCC1. The highest BCUT2D eigenvalue weighted by Crippen LogP contribution is 2.39. The number of likely N-dealkylation sites (tertiary alicyclic amines) is 1. The van der Waals surface area contributed by atoms with Crippen LogP contribution in [0.5, 0.6) is 0 Å². The third-order valence-electron chi connectivity index (χ3n) is 10.2.